The van der Waals surface area contributed by atoms with Gasteiger partial charge in [-0.3, -0.25) is 4.79 Å². The summed E-state index contributed by atoms with van der Waals surface area (Å²) in [5, 5.41) is 24.0. The van der Waals surface area contributed by atoms with Gasteiger partial charge in [0.1, 0.15) is 6.54 Å². The van der Waals surface area contributed by atoms with Crippen molar-refractivity contribution in [3.8, 4) is 6.07 Å². The first-order chi connectivity index (χ1) is 11.7. The van der Waals surface area contributed by atoms with Crippen LogP contribution in [0.1, 0.15) is 50.5 Å². The quantitative estimate of drug-likeness (QED) is 0.583. The lowest BCUT2D eigenvalue weighted by Gasteiger charge is -2.23. The van der Waals surface area contributed by atoms with Crippen molar-refractivity contribution >= 4 is 17.6 Å². The van der Waals surface area contributed by atoms with Gasteiger partial charge in [0, 0.05) is 6.04 Å². The summed E-state index contributed by atoms with van der Waals surface area (Å²) in [5.74, 6) is -0.449. The molecule has 24 heavy (non-hydrogen) atoms. The number of guanidine groups is 1. The van der Waals surface area contributed by atoms with Crippen LogP contribution in [0.3, 0.4) is 0 Å². The summed E-state index contributed by atoms with van der Waals surface area (Å²) >= 11 is 0. The van der Waals surface area contributed by atoms with Crippen LogP contribution in [0.25, 0.3) is 0 Å². The van der Waals surface area contributed by atoms with Crippen LogP contribution in [0.5, 0.6) is 0 Å². The Labute approximate surface area is 142 Å². The molecule has 3 N–H and O–H groups in total. The van der Waals surface area contributed by atoms with Crippen LogP contribution in [-0.4, -0.2) is 29.6 Å². The summed E-state index contributed by atoms with van der Waals surface area (Å²) in [6, 6.07) is 9.28. The molecule has 1 aromatic rings. The Kier molecular flexibility index (Phi) is 7.09. The number of hydrogen-bond donors (Lipinski definition) is 3. The fraction of sp³-hybridized carbons (Fsp3) is 0.500. The maximum Gasteiger partial charge on any atom is 0.322 e. The number of carboxylic acids is 1. The van der Waals surface area contributed by atoms with E-state index < -0.39 is 5.97 Å². The predicted molar refractivity (Wildman–Crippen MR) is 93.1 cm³/mol. The second-order valence-electron chi connectivity index (χ2n) is 6.05. The zero-order valence-corrected chi connectivity index (χ0v) is 13.8. The zero-order chi connectivity index (χ0) is 17.2. The molecule has 0 heterocycles. The summed E-state index contributed by atoms with van der Waals surface area (Å²) in [5.41, 5.74) is 1.25. The Bertz CT molecular complexity index is 596. The van der Waals surface area contributed by atoms with E-state index in [4.69, 9.17) is 10.4 Å². The normalized spacial score (nSPS) is 16.5. The number of rotatable bonds is 4. The van der Waals surface area contributed by atoms with Crippen LogP contribution < -0.4 is 10.6 Å². The van der Waals surface area contributed by atoms with Gasteiger partial charge in [-0.25, -0.2) is 4.99 Å². The van der Waals surface area contributed by atoms with E-state index in [0.29, 0.717) is 23.3 Å². The highest BCUT2D eigenvalue weighted by atomic mass is 16.4. The van der Waals surface area contributed by atoms with Gasteiger partial charge in [0.15, 0.2) is 5.96 Å². The minimum Gasteiger partial charge on any atom is -0.480 e. The lowest BCUT2D eigenvalue weighted by Crippen LogP contribution is -2.45. The molecule has 1 aliphatic carbocycles. The monoisotopic (exact) mass is 328 g/mol. The Morgan fingerprint density at radius 1 is 1.17 bits per heavy atom. The van der Waals surface area contributed by atoms with Crippen molar-refractivity contribution in [3.05, 3.63) is 29.8 Å². The molecule has 0 aromatic heterocycles. The molecule has 0 spiro atoms. The minimum absolute atomic E-state index is 0.186. The second kappa shape index (κ2) is 9.56. The van der Waals surface area contributed by atoms with Gasteiger partial charge in [-0.15, -0.1) is 0 Å². The molecule has 0 atom stereocenters. The molecule has 1 saturated carbocycles. The van der Waals surface area contributed by atoms with E-state index in [1.54, 1.807) is 24.3 Å². The molecule has 0 saturated heterocycles. The first-order valence-corrected chi connectivity index (χ1v) is 8.48. The summed E-state index contributed by atoms with van der Waals surface area (Å²) in [7, 11) is 0. The van der Waals surface area contributed by atoms with Gasteiger partial charge >= 0.3 is 5.97 Å². The van der Waals surface area contributed by atoms with Gasteiger partial charge < -0.3 is 15.7 Å². The molecule has 1 aromatic carbocycles. The van der Waals surface area contributed by atoms with Crippen molar-refractivity contribution < 1.29 is 9.90 Å². The first-order valence-electron chi connectivity index (χ1n) is 8.48. The number of aliphatic carboxylic acids is 1. The molecule has 6 nitrogen and oxygen atoms in total. The Hall–Kier alpha value is -2.55. The predicted octanol–water partition coefficient (Wildman–Crippen LogP) is 2.92. The van der Waals surface area contributed by atoms with Crippen LogP contribution in [0.2, 0.25) is 0 Å². The van der Waals surface area contributed by atoms with E-state index in [0.717, 1.165) is 12.8 Å². The van der Waals surface area contributed by atoms with Crippen molar-refractivity contribution in [1.29, 1.82) is 5.26 Å². The van der Waals surface area contributed by atoms with Crippen molar-refractivity contribution in [2.24, 2.45) is 4.99 Å². The van der Waals surface area contributed by atoms with Crippen LogP contribution in [0.4, 0.5) is 5.69 Å². The number of nitrogens with one attached hydrogen (secondary N) is 2. The number of carbonyl (C=O) groups is 1. The van der Waals surface area contributed by atoms with Crippen molar-refractivity contribution in [1.82, 2.24) is 10.6 Å². The highest BCUT2D eigenvalue weighted by molar-refractivity contribution is 5.86. The molecule has 6 heteroatoms. The zero-order valence-electron chi connectivity index (χ0n) is 13.8. The molecule has 1 fully saturated rings. The van der Waals surface area contributed by atoms with E-state index in [-0.39, 0.29) is 6.54 Å². The summed E-state index contributed by atoms with van der Waals surface area (Å²) in [6.45, 7) is -0.186. The van der Waals surface area contributed by atoms with Gasteiger partial charge in [0.2, 0.25) is 0 Å². The first kappa shape index (κ1) is 17.8. The van der Waals surface area contributed by atoms with Gasteiger partial charge in [-0.05, 0) is 37.1 Å². The molecular formula is C18H24N4O2. The molecule has 1 aliphatic rings. The molecule has 0 aliphatic heterocycles. The number of hydrogen-bond acceptors (Lipinski definition) is 3. The fourth-order valence-electron chi connectivity index (χ4n) is 2.82. The summed E-state index contributed by atoms with van der Waals surface area (Å²) in [4.78, 5) is 15.3. The van der Waals surface area contributed by atoms with E-state index in [9.17, 15) is 4.79 Å². The van der Waals surface area contributed by atoms with Gasteiger partial charge in [-0.1, -0.05) is 32.1 Å². The maximum atomic E-state index is 10.9. The van der Waals surface area contributed by atoms with Crippen molar-refractivity contribution in [3.63, 3.8) is 0 Å². The average molecular weight is 328 g/mol. The van der Waals surface area contributed by atoms with E-state index in [2.05, 4.69) is 21.7 Å². The standard InChI is InChI=1S/C18H24N4O2/c19-12-14-8-10-16(11-9-14)22-18(20-13-17(23)24)21-15-6-4-2-1-3-5-7-15/h8-11,15H,1-7,13H2,(H,23,24)(H2,20,21,22). The Balaban J connectivity index is 2.08. The van der Waals surface area contributed by atoms with Crippen LogP contribution in [-0.2, 0) is 4.79 Å². The Morgan fingerprint density at radius 3 is 2.38 bits per heavy atom. The van der Waals surface area contributed by atoms with E-state index in [1.807, 2.05) is 0 Å². The molecule has 0 bridgehead atoms. The molecule has 2 rings (SSSR count). The lowest BCUT2D eigenvalue weighted by atomic mass is 9.97. The molecule has 0 unspecified atom stereocenters. The topological polar surface area (TPSA) is 97.5 Å². The third-order valence-electron chi connectivity index (χ3n) is 4.09. The molecule has 0 amide bonds. The maximum absolute atomic E-state index is 10.9. The fourth-order valence-corrected chi connectivity index (χ4v) is 2.82. The Morgan fingerprint density at radius 2 is 1.79 bits per heavy atom. The van der Waals surface area contributed by atoms with E-state index >= 15 is 0 Å². The van der Waals surface area contributed by atoms with Crippen LogP contribution in [0.15, 0.2) is 29.3 Å². The smallest absolute Gasteiger partial charge is 0.322 e. The highest BCUT2D eigenvalue weighted by Gasteiger charge is 2.13. The largest absolute Gasteiger partial charge is 0.480 e. The van der Waals surface area contributed by atoms with Gasteiger partial charge in [0.25, 0.3) is 0 Å². The van der Waals surface area contributed by atoms with Gasteiger partial charge in [-0.2, -0.15) is 5.26 Å². The number of nitrogens with zero attached hydrogens (tertiary/aromatic N) is 2. The van der Waals surface area contributed by atoms with Crippen LogP contribution in [0, 0.1) is 11.3 Å². The highest BCUT2D eigenvalue weighted by Crippen LogP contribution is 2.18. The molecule has 0 radical (unpaired) electrons. The summed E-state index contributed by atoms with van der Waals surface area (Å²) < 4.78 is 0. The van der Waals surface area contributed by atoms with Crippen LogP contribution >= 0.6 is 0 Å². The minimum atomic E-state index is -0.929. The van der Waals surface area contributed by atoms with Crippen molar-refractivity contribution in [2.45, 2.75) is 51.0 Å². The number of carboxylic acid groups (broad SMARTS) is 1. The van der Waals surface area contributed by atoms with Crippen molar-refractivity contribution in [2.75, 3.05) is 6.54 Å². The third kappa shape index (κ3) is 6.29. The SMILES string of the molecule is N#Cc1ccc(N=C(NCC(=O)O)NC2CCCCCCC2)cc1. The van der Waals surface area contributed by atoms with E-state index in [1.165, 1.54) is 32.1 Å². The lowest BCUT2D eigenvalue weighted by molar-refractivity contribution is -0.135. The summed E-state index contributed by atoms with van der Waals surface area (Å²) in [6.07, 6.45) is 8.31. The second-order valence-corrected chi connectivity index (χ2v) is 6.05. The average Bonchev–Trinajstić information content (AvgIpc) is 2.55. The number of benzene rings is 1. The molecule has 128 valence electrons. The number of nitriles is 1. The van der Waals surface area contributed by atoms with Gasteiger partial charge in [0.05, 0.1) is 17.3 Å². The number of aliphatic imine (C=N–C) groups is 1. The molecular weight excluding hydrogens is 304 g/mol. The third-order valence-corrected chi connectivity index (χ3v) is 4.09.